The maximum absolute atomic E-state index is 13.6. The van der Waals surface area contributed by atoms with Gasteiger partial charge in [-0.05, 0) is 69.5 Å². The molecule has 2 saturated heterocycles. The van der Waals surface area contributed by atoms with Crippen LogP contribution in [-0.2, 0) is 9.59 Å². The second-order valence-corrected chi connectivity index (χ2v) is 9.72. The quantitative estimate of drug-likeness (QED) is 0.522. The van der Waals surface area contributed by atoms with Crippen LogP contribution in [-0.4, -0.2) is 90.6 Å². The number of hydrogen-bond donors (Lipinski definition) is 1. The van der Waals surface area contributed by atoms with Gasteiger partial charge < -0.3 is 19.9 Å². The summed E-state index contributed by atoms with van der Waals surface area (Å²) in [4.78, 5) is 34.8. The zero-order chi connectivity index (χ0) is 25.7. The molecule has 8 nitrogen and oxygen atoms in total. The summed E-state index contributed by atoms with van der Waals surface area (Å²) < 4.78 is 5.47. The van der Waals surface area contributed by atoms with Gasteiger partial charge in [0.25, 0.3) is 5.91 Å². The van der Waals surface area contributed by atoms with Gasteiger partial charge in [-0.2, -0.15) is 0 Å². The molecule has 1 N–H and O–H groups in total. The van der Waals surface area contributed by atoms with E-state index in [1.807, 2.05) is 55.1 Å². The molecule has 0 saturated carbocycles. The summed E-state index contributed by atoms with van der Waals surface area (Å²) in [6.45, 7) is 9.90. The Hall–Kier alpha value is -3.01. The molecule has 0 bridgehead atoms. The molecule has 2 fully saturated rings. The van der Waals surface area contributed by atoms with Crippen molar-refractivity contribution in [3.63, 3.8) is 0 Å². The number of thiocarbonyl (C=S) groups is 1. The van der Waals surface area contributed by atoms with Gasteiger partial charge in [0.1, 0.15) is 11.8 Å². The van der Waals surface area contributed by atoms with E-state index in [9.17, 15) is 9.59 Å². The Balaban J connectivity index is 1.47. The van der Waals surface area contributed by atoms with Crippen molar-refractivity contribution in [2.75, 3.05) is 63.1 Å². The van der Waals surface area contributed by atoms with Crippen LogP contribution in [0.2, 0.25) is 0 Å². The minimum atomic E-state index is -0.644. The van der Waals surface area contributed by atoms with Crippen LogP contribution in [0.3, 0.4) is 0 Å². The molecule has 2 aliphatic heterocycles. The van der Waals surface area contributed by atoms with Gasteiger partial charge in [0.05, 0.1) is 18.7 Å². The Morgan fingerprint density at radius 2 is 1.69 bits per heavy atom. The van der Waals surface area contributed by atoms with Gasteiger partial charge in [-0.15, -0.1) is 0 Å². The first-order valence-corrected chi connectivity index (χ1v) is 12.9. The summed E-state index contributed by atoms with van der Waals surface area (Å²) in [5.41, 5.74) is 2.50. The van der Waals surface area contributed by atoms with Gasteiger partial charge in [0.15, 0.2) is 5.11 Å². The number of piperazine rings is 1. The van der Waals surface area contributed by atoms with Crippen LogP contribution in [0, 0.1) is 6.92 Å². The lowest BCUT2D eigenvalue weighted by Gasteiger charge is -2.34. The van der Waals surface area contributed by atoms with E-state index in [1.165, 1.54) is 0 Å². The fraction of sp³-hybridized carbons (Fsp3) is 0.444. The van der Waals surface area contributed by atoms with Crippen molar-refractivity contribution >= 4 is 40.5 Å². The minimum Gasteiger partial charge on any atom is -0.494 e. The predicted molar refractivity (Wildman–Crippen MR) is 147 cm³/mol. The van der Waals surface area contributed by atoms with Crippen LogP contribution in [0.4, 0.5) is 11.4 Å². The first-order chi connectivity index (χ1) is 17.4. The summed E-state index contributed by atoms with van der Waals surface area (Å²) in [6.07, 6.45) is 0.0251. The lowest BCUT2D eigenvalue weighted by molar-refractivity contribution is -0.124. The van der Waals surface area contributed by atoms with Crippen molar-refractivity contribution in [2.45, 2.75) is 26.3 Å². The lowest BCUT2D eigenvalue weighted by Crippen LogP contribution is -2.48. The Labute approximate surface area is 218 Å². The van der Waals surface area contributed by atoms with Gasteiger partial charge >= 0.3 is 0 Å². The molecule has 2 heterocycles. The van der Waals surface area contributed by atoms with E-state index in [1.54, 1.807) is 17.0 Å². The number of nitrogens with one attached hydrogen (secondary N) is 1. The summed E-state index contributed by atoms with van der Waals surface area (Å²) in [5, 5.41) is 3.37. The van der Waals surface area contributed by atoms with Crippen LogP contribution in [0.25, 0.3) is 0 Å². The standard InChI is InChI=1S/C27H35N5O3S/c1-4-35-23-11-7-21(8-12-23)28-25(33)19-24-26(34)32(22-9-5-20(2)6-10-22)27(36)31(24)18-17-30-15-13-29(3)14-16-30/h5-12,24H,4,13-19H2,1-3H3,(H,28,33). The highest BCUT2D eigenvalue weighted by Crippen LogP contribution is 2.28. The molecule has 2 aromatic carbocycles. The van der Waals surface area contributed by atoms with E-state index in [0.29, 0.717) is 24.0 Å². The SMILES string of the molecule is CCOc1ccc(NC(=O)CC2C(=O)N(c3ccc(C)cc3)C(=S)N2CCN2CCN(C)CC2)cc1. The fourth-order valence-electron chi connectivity index (χ4n) is 4.53. The van der Waals surface area contributed by atoms with Crippen LogP contribution < -0.4 is 15.0 Å². The van der Waals surface area contributed by atoms with Crippen LogP contribution in [0.1, 0.15) is 18.9 Å². The molecule has 0 spiro atoms. The molecular weight excluding hydrogens is 474 g/mol. The van der Waals surface area contributed by atoms with Crippen LogP contribution in [0.5, 0.6) is 5.75 Å². The average Bonchev–Trinajstić information content (AvgIpc) is 3.09. The van der Waals surface area contributed by atoms with E-state index < -0.39 is 6.04 Å². The Kier molecular flexibility index (Phi) is 8.56. The second-order valence-electron chi connectivity index (χ2n) is 9.36. The molecule has 0 aliphatic carbocycles. The largest absolute Gasteiger partial charge is 0.494 e. The second kappa shape index (κ2) is 11.8. The van der Waals surface area contributed by atoms with Crippen LogP contribution in [0.15, 0.2) is 48.5 Å². The minimum absolute atomic E-state index is 0.0251. The summed E-state index contributed by atoms with van der Waals surface area (Å²) in [7, 11) is 2.13. The average molecular weight is 510 g/mol. The number of nitrogens with zero attached hydrogens (tertiary/aromatic N) is 4. The normalized spacial score (nSPS) is 19.1. The first-order valence-electron chi connectivity index (χ1n) is 12.5. The number of likely N-dealkylation sites (N-methyl/N-ethyl adjacent to an activating group) is 1. The topological polar surface area (TPSA) is 68.4 Å². The number of rotatable bonds is 9. The monoisotopic (exact) mass is 509 g/mol. The Bertz CT molecular complexity index is 1070. The molecule has 0 aromatic heterocycles. The van der Waals surface area contributed by atoms with E-state index in [2.05, 4.69) is 22.2 Å². The molecule has 1 atom stereocenters. The van der Waals surface area contributed by atoms with Gasteiger partial charge in [-0.3, -0.25) is 19.4 Å². The molecule has 0 radical (unpaired) electrons. The lowest BCUT2D eigenvalue weighted by atomic mass is 10.1. The Morgan fingerprint density at radius 1 is 1.03 bits per heavy atom. The highest BCUT2D eigenvalue weighted by Gasteiger charge is 2.44. The molecular formula is C27H35N5O3S. The number of carbonyl (C=O) groups excluding carboxylic acids is 2. The number of aryl methyl sites for hydroxylation is 1. The fourth-order valence-corrected chi connectivity index (χ4v) is 4.94. The zero-order valence-electron chi connectivity index (χ0n) is 21.3. The number of hydrogen-bond acceptors (Lipinski definition) is 6. The summed E-state index contributed by atoms with van der Waals surface area (Å²) >= 11 is 5.80. The first kappa shape index (κ1) is 26.1. The maximum atomic E-state index is 13.6. The molecule has 1 unspecified atom stereocenters. The molecule has 2 aliphatic rings. The third-order valence-corrected chi connectivity index (χ3v) is 7.11. The zero-order valence-corrected chi connectivity index (χ0v) is 22.1. The molecule has 36 heavy (non-hydrogen) atoms. The maximum Gasteiger partial charge on any atom is 0.256 e. The van der Waals surface area contributed by atoms with E-state index in [-0.39, 0.29) is 18.2 Å². The van der Waals surface area contributed by atoms with Gasteiger partial charge in [0.2, 0.25) is 5.91 Å². The van der Waals surface area contributed by atoms with Crippen molar-refractivity contribution < 1.29 is 14.3 Å². The van der Waals surface area contributed by atoms with Crippen LogP contribution >= 0.6 is 12.2 Å². The Morgan fingerprint density at radius 3 is 2.33 bits per heavy atom. The predicted octanol–water partition coefficient (Wildman–Crippen LogP) is 2.97. The number of benzene rings is 2. The number of anilines is 2. The van der Waals surface area contributed by atoms with Gasteiger partial charge in [-0.1, -0.05) is 17.7 Å². The van der Waals surface area contributed by atoms with E-state index >= 15 is 0 Å². The smallest absolute Gasteiger partial charge is 0.256 e. The highest BCUT2D eigenvalue weighted by molar-refractivity contribution is 7.80. The van der Waals surface area contributed by atoms with Gasteiger partial charge in [0, 0.05) is 45.0 Å². The van der Waals surface area contributed by atoms with E-state index in [4.69, 9.17) is 17.0 Å². The molecule has 4 rings (SSSR count). The summed E-state index contributed by atoms with van der Waals surface area (Å²) in [6, 6.07) is 14.3. The summed E-state index contributed by atoms with van der Waals surface area (Å²) in [5.74, 6) is 0.357. The van der Waals surface area contributed by atoms with E-state index in [0.717, 1.165) is 49.7 Å². The number of carbonyl (C=O) groups is 2. The molecule has 2 amide bonds. The number of ether oxygens (including phenoxy) is 1. The molecule has 192 valence electrons. The van der Waals surface area contributed by atoms with Crippen molar-refractivity contribution in [3.05, 3.63) is 54.1 Å². The highest BCUT2D eigenvalue weighted by atomic mass is 32.1. The van der Waals surface area contributed by atoms with Crippen molar-refractivity contribution in [1.29, 1.82) is 0 Å². The van der Waals surface area contributed by atoms with Crippen molar-refractivity contribution in [1.82, 2.24) is 14.7 Å². The van der Waals surface area contributed by atoms with Gasteiger partial charge in [-0.25, -0.2) is 0 Å². The molecule has 2 aromatic rings. The third-order valence-electron chi connectivity index (χ3n) is 6.69. The van der Waals surface area contributed by atoms with Crippen molar-refractivity contribution in [3.8, 4) is 5.75 Å². The van der Waals surface area contributed by atoms with Crippen molar-refractivity contribution in [2.24, 2.45) is 0 Å². The third kappa shape index (κ3) is 6.21. The number of amides is 2. The molecule has 9 heteroatoms.